The summed E-state index contributed by atoms with van der Waals surface area (Å²) in [6, 6.07) is -0.402. The first-order valence-corrected chi connectivity index (χ1v) is 8.18. The van der Waals surface area contributed by atoms with E-state index in [4.69, 9.17) is 0 Å². The maximum atomic E-state index is 11.9. The summed E-state index contributed by atoms with van der Waals surface area (Å²) >= 11 is 1.32. The third kappa shape index (κ3) is 5.15. The minimum Gasteiger partial charge on any atom is -0.324 e. The quantitative estimate of drug-likeness (QED) is 0.650. The Kier molecular flexibility index (Phi) is 6.39. The highest BCUT2D eigenvalue weighted by atomic mass is 32.2. The molecule has 1 N–H and O–H groups in total. The van der Waals surface area contributed by atoms with Crippen molar-refractivity contribution in [3.05, 3.63) is 0 Å². The van der Waals surface area contributed by atoms with Crippen LogP contribution in [-0.4, -0.2) is 52.0 Å². The number of rotatable bonds is 9. The fourth-order valence-corrected chi connectivity index (χ4v) is 2.81. The normalized spacial score (nSPS) is 17.0. The summed E-state index contributed by atoms with van der Waals surface area (Å²) in [6.07, 6.45) is 1.25. The fourth-order valence-electron chi connectivity index (χ4n) is 1.91. The van der Waals surface area contributed by atoms with Crippen LogP contribution in [-0.2, 0) is 14.4 Å². The Morgan fingerprint density at radius 1 is 1.19 bits per heavy atom. The second-order valence-corrected chi connectivity index (χ2v) is 6.52. The van der Waals surface area contributed by atoms with Crippen molar-refractivity contribution < 1.29 is 19.2 Å². The number of Topliss-reactive ketones (excluding diaryl/α,β-unsaturated/α-hetero) is 2. The van der Waals surface area contributed by atoms with Gasteiger partial charge in [-0.05, 0) is 20.3 Å². The van der Waals surface area contributed by atoms with E-state index in [2.05, 4.69) is 5.32 Å². The number of urea groups is 1. The largest absolute Gasteiger partial charge is 0.325 e. The van der Waals surface area contributed by atoms with Gasteiger partial charge in [0.15, 0.2) is 0 Å². The van der Waals surface area contributed by atoms with Gasteiger partial charge in [0.05, 0.1) is 11.5 Å². The number of carbonyl (C=O) groups excluding carboxylic acids is 4. The molecule has 1 heterocycles. The number of amides is 3. The van der Waals surface area contributed by atoms with Crippen molar-refractivity contribution in [1.29, 1.82) is 0 Å². The molecule has 3 amide bonds. The van der Waals surface area contributed by atoms with Gasteiger partial charge in [-0.2, -0.15) is 0 Å². The number of hydrogen-bond donors (Lipinski definition) is 1. The molecular formula is C14H22N2O4S. The van der Waals surface area contributed by atoms with Crippen LogP contribution in [0.25, 0.3) is 0 Å². The predicted molar refractivity (Wildman–Crippen MR) is 81.2 cm³/mol. The van der Waals surface area contributed by atoms with Gasteiger partial charge in [-0.1, -0.05) is 6.92 Å². The zero-order valence-electron chi connectivity index (χ0n) is 12.7. The van der Waals surface area contributed by atoms with Crippen LogP contribution in [0.2, 0.25) is 0 Å². The van der Waals surface area contributed by atoms with Gasteiger partial charge >= 0.3 is 6.03 Å². The fraction of sp³-hybridized carbons (Fsp3) is 0.714. The first-order chi connectivity index (χ1) is 9.77. The topological polar surface area (TPSA) is 83.6 Å². The van der Waals surface area contributed by atoms with Gasteiger partial charge < -0.3 is 5.32 Å². The maximum Gasteiger partial charge on any atom is 0.325 e. The Labute approximate surface area is 129 Å². The molecule has 0 radical (unpaired) electrons. The van der Waals surface area contributed by atoms with Crippen molar-refractivity contribution >= 4 is 35.3 Å². The van der Waals surface area contributed by atoms with Crippen LogP contribution in [0.5, 0.6) is 0 Å². The SMILES string of the molecule is CCC(=O)CSCC(=O)CCCN1C(=O)NC(C)(C)C1=O. The number of carbonyl (C=O) groups is 4. The summed E-state index contributed by atoms with van der Waals surface area (Å²) in [5.41, 5.74) is -0.864. The van der Waals surface area contributed by atoms with Gasteiger partial charge in [-0.3, -0.25) is 19.3 Å². The summed E-state index contributed by atoms with van der Waals surface area (Å²) in [6.45, 7) is 5.35. The average molecular weight is 314 g/mol. The molecular weight excluding hydrogens is 292 g/mol. The number of nitrogens with one attached hydrogen (secondary N) is 1. The van der Waals surface area contributed by atoms with Crippen LogP contribution >= 0.6 is 11.8 Å². The summed E-state index contributed by atoms with van der Waals surface area (Å²) in [5.74, 6) is 0.577. The van der Waals surface area contributed by atoms with E-state index in [1.807, 2.05) is 0 Å². The lowest BCUT2D eigenvalue weighted by atomic mass is 10.1. The molecule has 0 bridgehead atoms. The molecule has 0 unspecified atom stereocenters. The number of thioether (sulfide) groups is 1. The molecule has 0 atom stereocenters. The molecule has 1 aliphatic heterocycles. The van der Waals surface area contributed by atoms with E-state index in [0.717, 1.165) is 4.90 Å². The highest BCUT2D eigenvalue weighted by molar-refractivity contribution is 8.00. The molecule has 1 aliphatic rings. The van der Waals surface area contributed by atoms with Crippen molar-refractivity contribution in [2.24, 2.45) is 0 Å². The average Bonchev–Trinajstić information content (AvgIpc) is 2.60. The molecule has 1 fully saturated rings. The van der Waals surface area contributed by atoms with E-state index in [1.54, 1.807) is 20.8 Å². The van der Waals surface area contributed by atoms with E-state index in [9.17, 15) is 19.2 Å². The third-order valence-electron chi connectivity index (χ3n) is 3.20. The van der Waals surface area contributed by atoms with Gasteiger partial charge in [0.2, 0.25) is 0 Å². The molecule has 6 nitrogen and oxygen atoms in total. The number of hydrogen-bond acceptors (Lipinski definition) is 5. The van der Waals surface area contributed by atoms with Gasteiger partial charge in [0, 0.05) is 19.4 Å². The van der Waals surface area contributed by atoms with E-state index in [1.165, 1.54) is 11.8 Å². The van der Waals surface area contributed by atoms with Crippen molar-refractivity contribution in [2.75, 3.05) is 18.1 Å². The zero-order chi connectivity index (χ0) is 16.0. The van der Waals surface area contributed by atoms with Crippen LogP contribution in [0.15, 0.2) is 0 Å². The molecule has 0 spiro atoms. The van der Waals surface area contributed by atoms with Gasteiger partial charge in [-0.25, -0.2) is 4.79 Å². The van der Waals surface area contributed by atoms with E-state index in [-0.39, 0.29) is 24.0 Å². The molecule has 0 aromatic carbocycles. The lowest BCUT2D eigenvalue weighted by Crippen LogP contribution is -2.40. The van der Waals surface area contributed by atoms with Crippen LogP contribution in [0.3, 0.4) is 0 Å². The first kappa shape index (κ1) is 17.7. The lowest BCUT2D eigenvalue weighted by molar-refractivity contribution is -0.130. The molecule has 0 saturated carbocycles. The molecule has 21 heavy (non-hydrogen) atoms. The molecule has 7 heteroatoms. The molecule has 1 saturated heterocycles. The summed E-state index contributed by atoms with van der Waals surface area (Å²) < 4.78 is 0. The molecule has 0 aliphatic carbocycles. The third-order valence-corrected chi connectivity index (χ3v) is 4.25. The Hall–Kier alpha value is -1.37. The monoisotopic (exact) mass is 314 g/mol. The highest BCUT2D eigenvalue weighted by Crippen LogP contribution is 2.17. The first-order valence-electron chi connectivity index (χ1n) is 7.03. The van der Waals surface area contributed by atoms with Crippen molar-refractivity contribution in [3.8, 4) is 0 Å². The van der Waals surface area contributed by atoms with E-state index in [0.29, 0.717) is 30.8 Å². The lowest BCUT2D eigenvalue weighted by Gasteiger charge is -2.15. The zero-order valence-corrected chi connectivity index (χ0v) is 13.5. The standard InChI is InChI=1S/C14H22N2O4S/c1-4-10(17)8-21-9-11(18)6-5-7-16-12(19)14(2,3)15-13(16)20/h4-9H2,1-3H3,(H,15,20). The van der Waals surface area contributed by atoms with Crippen LogP contribution < -0.4 is 5.32 Å². The summed E-state index contributed by atoms with van der Waals surface area (Å²) in [5, 5.41) is 2.60. The summed E-state index contributed by atoms with van der Waals surface area (Å²) in [4.78, 5) is 47.4. The number of ketones is 2. The second kappa shape index (κ2) is 7.59. The van der Waals surface area contributed by atoms with Crippen molar-refractivity contribution in [2.45, 2.75) is 45.6 Å². The molecule has 1 rings (SSSR count). The van der Waals surface area contributed by atoms with Crippen molar-refractivity contribution in [3.63, 3.8) is 0 Å². The predicted octanol–water partition coefficient (Wildman–Crippen LogP) is 1.38. The Bertz CT molecular complexity index is 448. The Morgan fingerprint density at radius 3 is 2.33 bits per heavy atom. The van der Waals surface area contributed by atoms with E-state index >= 15 is 0 Å². The maximum absolute atomic E-state index is 11.9. The molecule has 0 aromatic heterocycles. The smallest absolute Gasteiger partial charge is 0.324 e. The highest BCUT2D eigenvalue weighted by Gasteiger charge is 2.43. The summed E-state index contributed by atoms with van der Waals surface area (Å²) in [7, 11) is 0. The molecule has 118 valence electrons. The Morgan fingerprint density at radius 2 is 1.81 bits per heavy atom. The van der Waals surface area contributed by atoms with Gasteiger partial charge in [0.1, 0.15) is 17.1 Å². The van der Waals surface area contributed by atoms with Crippen molar-refractivity contribution in [1.82, 2.24) is 10.2 Å². The minimum absolute atomic E-state index is 0.0372. The van der Waals surface area contributed by atoms with E-state index < -0.39 is 11.6 Å². The molecule has 0 aromatic rings. The van der Waals surface area contributed by atoms with Crippen LogP contribution in [0, 0.1) is 0 Å². The van der Waals surface area contributed by atoms with Crippen LogP contribution in [0.4, 0.5) is 4.79 Å². The van der Waals surface area contributed by atoms with Gasteiger partial charge in [0.25, 0.3) is 5.91 Å². The minimum atomic E-state index is -0.864. The number of imide groups is 1. The second-order valence-electron chi connectivity index (χ2n) is 5.54. The van der Waals surface area contributed by atoms with Crippen LogP contribution in [0.1, 0.15) is 40.0 Å². The van der Waals surface area contributed by atoms with Gasteiger partial charge in [-0.15, -0.1) is 11.8 Å². The number of nitrogens with zero attached hydrogens (tertiary/aromatic N) is 1. The Balaban J connectivity index is 2.25.